The monoisotopic (exact) mass is 313 g/mol. The van der Waals surface area contributed by atoms with E-state index >= 15 is 0 Å². The number of halogens is 1. The van der Waals surface area contributed by atoms with Gasteiger partial charge in [0.1, 0.15) is 5.75 Å². The number of nitrogen functional groups attached to an aromatic ring is 1. The largest absolute Gasteiger partial charge is 0.492 e. The standard InChI is InChI=1S/C13H20BrN3O/c1-3-18-12-9-10(8-11(14)13(12)15)17-6-4-16(2)5-7-17/h8-9H,3-7,15H2,1-2H3. The lowest BCUT2D eigenvalue weighted by Gasteiger charge is -2.34. The van der Waals surface area contributed by atoms with Crippen LogP contribution >= 0.6 is 15.9 Å². The second-order valence-electron chi connectivity index (χ2n) is 4.56. The van der Waals surface area contributed by atoms with Gasteiger partial charge in [-0.25, -0.2) is 0 Å². The lowest BCUT2D eigenvalue weighted by Crippen LogP contribution is -2.44. The van der Waals surface area contributed by atoms with E-state index in [1.165, 1.54) is 5.69 Å². The van der Waals surface area contributed by atoms with Crippen LogP contribution in [0.5, 0.6) is 5.75 Å². The van der Waals surface area contributed by atoms with Crippen molar-refractivity contribution >= 4 is 27.3 Å². The van der Waals surface area contributed by atoms with Gasteiger partial charge in [-0.05, 0) is 36.0 Å². The van der Waals surface area contributed by atoms with Crippen molar-refractivity contribution in [1.29, 1.82) is 0 Å². The normalized spacial score (nSPS) is 16.9. The van der Waals surface area contributed by atoms with E-state index in [0.29, 0.717) is 12.3 Å². The Labute approximate surface area is 117 Å². The first-order valence-corrected chi connectivity index (χ1v) is 7.06. The number of anilines is 2. The summed E-state index contributed by atoms with van der Waals surface area (Å²) in [5, 5.41) is 0. The number of hydrogen-bond acceptors (Lipinski definition) is 4. The first-order valence-electron chi connectivity index (χ1n) is 6.27. The third kappa shape index (κ3) is 2.90. The van der Waals surface area contributed by atoms with Crippen LogP contribution in [0.3, 0.4) is 0 Å². The molecular formula is C13H20BrN3O. The molecule has 0 aliphatic carbocycles. The summed E-state index contributed by atoms with van der Waals surface area (Å²) in [6.07, 6.45) is 0. The summed E-state index contributed by atoms with van der Waals surface area (Å²) >= 11 is 3.50. The van der Waals surface area contributed by atoms with Crippen LogP contribution in [0.4, 0.5) is 11.4 Å². The molecule has 0 atom stereocenters. The van der Waals surface area contributed by atoms with Gasteiger partial charge in [-0.1, -0.05) is 0 Å². The van der Waals surface area contributed by atoms with Crippen LogP contribution in [0.15, 0.2) is 16.6 Å². The zero-order valence-electron chi connectivity index (χ0n) is 10.9. The van der Waals surface area contributed by atoms with Gasteiger partial charge in [0.05, 0.1) is 12.3 Å². The van der Waals surface area contributed by atoms with Crippen molar-refractivity contribution in [2.24, 2.45) is 0 Å². The minimum atomic E-state index is 0.628. The lowest BCUT2D eigenvalue weighted by atomic mass is 10.2. The third-order valence-corrected chi connectivity index (χ3v) is 3.90. The predicted octanol–water partition coefficient (Wildman–Crippen LogP) is 2.18. The maximum atomic E-state index is 5.99. The molecular weight excluding hydrogens is 294 g/mol. The molecule has 0 bridgehead atoms. The van der Waals surface area contributed by atoms with Crippen molar-refractivity contribution in [3.63, 3.8) is 0 Å². The molecule has 0 spiro atoms. The summed E-state index contributed by atoms with van der Waals surface area (Å²) in [6.45, 7) is 6.85. The Bertz CT molecular complexity index is 417. The topological polar surface area (TPSA) is 41.7 Å². The molecule has 100 valence electrons. The van der Waals surface area contributed by atoms with Crippen LogP contribution < -0.4 is 15.4 Å². The van der Waals surface area contributed by atoms with Gasteiger partial charge in [-0.3, -0.25) is 0 Å². The van der Waals surface area contributed by atoms with E-state index in [9.17, 15) is 0 Å². The molecule has 4 nitrogen and oxygen atoms in total. The van der Waals surface area contributed by atoms with E-state index < -0.39 is 0 Å². The summed E-state index contributed by atoms with van der Waals surface area (Å²) in [5.74, 6) is 0.765. The van der Waals surface area contributed by atoms with Crippen LogP contribution in [-0.2, 0) is 0 Å². The summed E-state index contributed by atoms with van der Waals surface area (Å²) in [6, 6.07) is 4.11. The second kappa shape index (κ2) is 5.80. The number of rotatable bonds is 3. The van der Waals surface area contributed by atoms with Crippen molar-refractivity contribution in [1.82, 2.24) is 4.90 Å². The summed E-state index contributed by atoms with van der Waals surface area (Å²) in [4.78, 5) is 4.71. The highest BCUT2D eigenvalue weighted by Crippen LogP contribution is 2.35. The molecule has 0 unspecified atom stereocenters. The van der Waals surface area contributed by atoms with Gasteiger partial charge < -0.3 is 20.3 Å². The quantitative estimate of drug-likeness (QED) is 0.869. The van der Waals surface area contributed by atoms with Crippen molar-refractivity contribution in [3.8, 4) is 5.75 Å². The number of nitrogens with zero attached hydrogens (tertiary/aromatic N) is 2. The Balaban J connectivity index is 2.22. The van der Waals surface area contributed by atoms with Gasteiger partial charge in [0.25, 0.3) is 0 Å². The van der Waals surface area contributed by atoms with Crippen LogP contribution in [0.1, 0.15) is 6.92 Å². The van der Waals surface area contributed by atoms with E-state index in [1.54, 1.807) is 0 Å². The van der Waals surface area contributed by atoms with Crippen molar-refractivity contribution in [2.75, 3.05) is 50.5 Å². The number of piperazine rings is 1. The molecule has 1 aromatic rings. The fraction of sp³-hybridized carbons (Fsp3) is 0.538. The SMILES string of the molecule is CCOc1cc(N2CCN(C)CC2)cc(Br)c1N. The molecule has 1 saturated heterocycles. The Morgan fingerprint density at radius 3 is 2.56 bits per heavy atom. The van der Waals surface area contributed by atoms with Crippen LogP contribution in [0.25, 0.3) is 0 Å². The summed E-state index contributed by atoms with van der Waals surface area (Å²) in [5.41, 5.74) is 7.84. The highest BCUT2D eigenvalue weighted by Gasteiger charge is 2.17. The maximum absolute atomic E-state index is 5.99. The number of ether oxygens (including phenoxy) is 1. The van der Waals surface area contributed by atoms with Gasteiger partial charge >= 0.3 is 0 Å². The highest BCUT2D eigenvalue weighted by molar-refractivity contribution is 9.10. The van der Waals surface area contributed by atoms with E-state index in [0.717, 1.165) is 36.4 Å². The van der Waals surface area contributed by atoms with Crippen molar-refractivity contribution in [3.05, 3.63) is 16.6 Å². The molecule has 2 rings (SSSR count). The Hall–Kier alpha value is -0.940. The molecule has 2 N–H and O–H groups in total. The molecule has 5 heteroatoms. The number of nitrogens with two attached hydrogens (primary N) is 1. The molecule has 1 heterocycles. The van der Waals surface area contributed by atoms with Gasteiger partial charge in [-0.2, -0.15) is 0 Å². The zero-order valence-corrected chi connectivity index (χ0v) is 12.5. The molecule has 1 aromatic carbocycles. The third-order valence-electron chi connectivity index (χ3n) is 3.24. The van der Waals surface area contributed by atoms with E-state index in [-0.39, 0.29) is 0 Å². The van der Waals surface area contributed by atoms with Crippen LogP contribution in [0, 0.1) is 0 Å². The second-order valence-corrected chi connectivity index (χ2v) is 5.42. The summed E-state index contributed by atoms with van der Waals surface area (Å²) < 4.78 is 6.48. The molecule has 1 fully saturated rings. The van der Waals surface area contributed by atoms with Gasteiger partial charge in [0.15, 0.2) is 0 Å². The van der Waals surface area contributed by atoms with Crippen LogP contribution in [-0.4, -0.2) is 44.7 Å². The van der Waals surface area contributed by atoms with Gasteiger partial charge in [0, 0.05) is 42.4 Å². The molecule has 0 aromatic heterocycles. The lowest BCUT2D eigenvalue weighted by molar-refractivity contribution is 0.312. The predicted molar refractivity (Wildman–Crippen MR) is 79.4 cm³/mol. The van der Waals surface area contributed by atoms with E-state index in [2.05, 4.69) is 38.8 Å². The first kappa shape index (κ1) is 13.5. The van der Waals surface area contributed by atoms with Crippen molar-refractivity contribution < 1.29 is 4.74 Å². The minimum Gasteiger partial charge on any atom is -0.492 e. The Kier molecular flexibility index (Phi) is 4.35. The van der Waals surface area contributed by atoms with Crippen molar-refractivity contribution in [2.45, 2.75) is 6.92 Å². The van der Waals surface area contributed by atoms with E-state index in [4.69, 9.17) is 10.5 Å². The molecule has 1 aliphatic rings. The Morgan fingerprint density at radius 1 is 1.28 bits per heavy atom. The number of likely N-dealkylation sites (N-methyl/N-ethyl adjacent to an activating group) is 1. The maximum Gasteiger partial charge on any atom is 0.145 e. The Morgan fingerprint density at radius 2 is 1.94 bits per heavy atom. The minimum absolute atomic E-state index is 0.628. The van der Waals surface area contributed by atoms with Crippen LogP contribution in [0.2, 0.25) is 0 Å². The number of hydrogen-bond donors (Lipinski definition) is 1. The average Bonchev–Trinajstić information content (AvgIpc) is 2.36. The fourth-order valence-corrected chi connectivity index (χ4v) is 2.53. The van der Waals surface area contributed by atoms with Gasteiger partial charge in [-0.15, -0.1) is 0 Å². The number of benzene rings is 1. The molecule has 18 heavy (non-hydrogen) atoms. The summed E-state index contributed by atoms with van der Waals surface area (Å²) in [7, 11) is 2.15. The van der Waals surface area contributed by atoms with Gasteiger partial charge in [0.2, 0.25) is 0 Å². The molecule has 1 aliphatic heterocycles. The fourth-order valence-electron chi connectivity index (χ4n) is 2.10. The first-order chi connectivity index (χ1) is 8.61. The molecule has 0 radical (unpaired) electrons. The smallest absolute Gasteiger partial charge is 0.145 e. The van der Waals surface area contributed by atoms with E-state index in [1.807, 2.05) is 13.0 Å². The highest BCUT2D eigenvalue weighted by atomic mass is 79.9. The zero-order chi connectivity index (χ0) is 13.1. The average molecular weight is 314 g/mol. The molecule has 0 saturated carbocycles. The molecule has 0 amide bonds.